The molecule has 3 heteroatoms. The maximum atomic E-state index is 12.6. The van der Waals surface area contributed by atoms with Crippen LogP contribution in [0.1, 0.15) is 56.8 Å². The summed E-state index contributed by atoms with van der Waals surface area (Å²) in [6, 6.07) is 6.73. The van der Waals surface area contributed by atoms with E-state index in [0.29, 0.717) is 11.7 Å². The lowest BCUT2D eigenvalue weighted by Gasteiger charge is -2.24. The van der Waals surface area contributed by atoms with Crippen LogP contribution in [0.2, 0.25) is 0 Å². The Morgan fingerprint density at radius 3 is 2.43 bits per heavy atom. The van der Waals surface area contributed by atoms with Gasteiger partial charge in [0, 0.05) is 27.8 Å². The van der Waals surface area contributed by atoms with Crippen LogP contribution in [-0.2, 0) is 10.8 Å². The Hall–Kier alpha value is -0.670. The molecule has 0 aliphatic heterocycles. The van der Waals surface area contributed by atoms with Crippen molar-refractivity contribution in [2.75, 3.05) is 12.3 Å². The van der Waals surface area contributed by atoms with E-state index in [9.17, 15) is 4.21 Å². The van der Waals surface area contributed by atoms with Crippen LogP contribution in [0.25, 0.3) is 0 Å². The van der Waals surface area contributed by atoms with Crippen molar-refractivity contribution in [3.63, 3.8) is 0 Å². The minimum absolute atomic E-state index is 0.187. The third-order valence-corrected chi connectivity index (χ3v) is 6.17. The van der Waals surface area contributed by atoms with Gasteiger partial charge in [0.25, 0.3) is 0 Å². The second-order valence-electron chi connectivity index (χ2n) is 6.36. The Balaban J connectivity index is 2.95. The fourth-order valence-corrected chi connectivity index (χ4v) is 3.87. The van der Waals surface area contributed by atoms with Gasteiger partial charge in [-0.25, -0.2) is 0 Å². The molecule has 0 aromatic heterocycles. The average molecular weight is 310 g/mol. The molecule has 1 aromatic rings. The highest BCUT2D eigenvalue weighted by molar-refractivity contribution is 7.85. The van der Waals surface area contributed by atoms with Crippen LogP contribution in [0.15, 0.2) is 18.2 Å². The quantitative estimate of drug-likeness (QED) is 0.782. The maximum absolute atomic E-state index is 12.6. The van der Waals surface area contributed by atoms with E-state index in [1.54, 1.807) is 0 Å². The molecule has 3 atom stereocenters. The van der Waals surface area contributed by atoms with Crippen LogP contribution in [0.5, 0.6) is 0 Å². The minimum Gasteiger partial charge on any atom is -0.309 e. The first-order chi connectivity index (χ1) is 9.86. The number of hydrogen-bond donors (Lipinski definition) is 1. The van der Waals surface area contributed by atoms with Crippen molar-refractivity contribution in [2.24, 2.45) is 5.92 Å². The van der Waals surface area contributed by atoms with Crippen LogP contribution in [0.3, 0.4) is 0 Å². The molecule has 0 heterocycles. The second-order valence-corrected chi connectivity index (χ2v) is 8.20. The molecule has 0 saturated carbocycles. The molecule has 2 nitrogen and oxygen atoms in total. The van der Waals surface area contributed by atoms with Gasteiger partial charge < -0.3 is 5.32 Å². The van der Waals surface area contributed by atoms with Gasteiger partial charge >= 0.3 is 0 Å². The van der Waals surface area contributed by atoms with Gasteiger partial charge in [0.1, 0.15) is 0 Å². The Kier molecular flexibility index (Phi) is 7.61. The van der Waals surface area contributed by atoms with Gasteiger partial charge in [-0.15, -0.1) is 0 Å². The number of nitrogens with one attached hydrogen (secondary N) is 1. The highest BCUT2D eigenvalue weighted by Crippen LogP contribution is 2.22. The molecule has 0 saturated heterocycles. The van der Waals surface area contributed by atoms with E-state index in [-0.39, 0.29) is 11.3 Å². The molecule has 0 radical (unpaired) electrons. The first-order valence-electron chi connectivity index (χ1n) is 8.04. The van der Waals surface area contributed by atoms with E-state index in [0.717, 1.165) is 13.0 Å². The summed E-state index contributed by atoms with van der Waals surface area (Å²) in [4.78, 5) is 0. The van der Waals surface area contributed by atoms with Crippen molar-refractivity contribution in [2.45, 2.75) is 59.3 Å². The average Bonchev–Trinajstić information content (AvgIpc) is 2.44. The molecule has 1 rings (SSSR count). The van der Waals surface area contributed by atoms with Gasteiger partial charge in [0.2, 0.25) is 0 Å². The van der Waals surface area contributed by atoms with Crippen molar-refractivity contribution < 1.29 is 4.21 Å². The molecule has 1 N–H and O–H groups in total. The molecule has 1 aromatic carbocycles. The number of aryl methyl sites for hydroxylation is 2. The molecule has 0 aliphatic rings. The molecule has 0 bridgehead atoms. The Morgan fingerprint density at radius 2 is 1.86 bits per heavy atom. The van der Waals surface area contributed by atoms with Gasteiger partial charge in [-0.05, 0) is 43.9 Å². The van der Waals surface area contributed by atoms with Gasteiger partial charge in [-0.3, -0.25) is 4.21 Å². The summed E-state index contributed by atoms with van der Waals surface area (Å²) in [7, 11) is -0.806. The summed E-state index contributed by atoms with van der Waals surface area (Å²) in [6.45, 7) is 13.8. The fourth-order valence-electron chi connectivity index (χ4n) is 2.33. The smallest absolute Gasteiger partial charge is 0.0439 e. The van der Waals surface area contributed by atoms with E-state index in [1.807, 2.05) is 0 Å². The van der Waals surface area contributed by atoms with E-state index in [2.05, 4.69) is 65.1 Å². The summed E-state index contributed by atoms with van der Waals surface area (Å²) < 4.78 is 12.6. The summed E-state index contributed by atoms with van der Waals surface area (Å²) in [5.41, 5.74) is 3.85. The predicted molar refractivity (Wildman–Crippen MR) is 94.3 cm³/mol. The Bertz CT molecular complexity index is 470. The molecule has 0 aliphatic carbocycles. The maximum Gasteiger partial charge on any atom is 0.0439 e. The van der Waals surface area contributed by atoms with Crippen molar-refractivity contribution in [1.29, 1.82) is 0 Å². The van der Waals surface area contributed by atoms with E-state index in [1.165, 1.54) is 16.7 Å². The van der Waals surface area contributed by atoms with Crippen molar-refractivity contribution in [1.82, 2.24) is 5.32 Å². The minimum atomic E-state index is -0.806. The third-order valence-electron chi connectivity index (χ3n) is 4.14. The highest BCUT2D eigenvalue weighted by Gasteiger charge is 2.21. The van der Waals surface area contributed by atoms with Gasteiger partial charge in [0.15, 0.2) is 0 Å². The number of hydrogen-bond acceptors (Lipinski definition) is 2. The zero-order chi connectivity index (χ0) is 16.0. The first kappa shape index (κ1) is 18.4. The SMILES string of the molecule is CCCNC(CS(=O)C(C)C(C)C)c1cc(C)ccc1C. The number of rotatable bonds is 8. The lowest BCUT2D eigenvalue weighted by atomic mass is 10.00. The Morgan fingerprint density at radius 1 is 1.19 bits per heavy atom. The van der Waals surface area contributed by atoms with Crippen LogP contribution in [0, 0.1) is 19.8 Å². The van der Waals surface area contributed by atoms with E-state index >= 15 is 0 Å². The molecule has 21 heavy (non-hydrogen) atoms. The standard InChI is InChI=1S/C18H31NOS/c1-7-10-19-18(12-21(20)16(6)13(2)3)17-11-14(4)8-9-15(17)5/h8-9,11,13,16,18-19H,7,10,12H2,1-6H3. The van der Waals surface area contributed by atoms with Gasteiger partial charge in [-0.1, -0.05) is 51.5 Å². The lowest BCUT2D eigenvalue weighted by molar-refractivity contribution is 0.556. The topological polar surface area (TPSA) is 29.1 Å². The molecule has 0 spiro atoms. The first-order valence-corrected chi connectivity index (χ1v) is 9.42. The Labute approximate surface area is 133 Å². The zero-order valence-corrected chi connectivity index (χ0v) is 15.2. The van der Waals surface area contributed by atoms with Gasteiger partial charge in [-0.2, -0.15) is 0 Å². The lowest BCUT2D eigenvalue weighted by Crippen LogP contribution is -2.31. The number of benzene rings is 1. The monoisotopic (exact) mass is 309 g/mol. The molecule has 0 fully saturated rings. The largest absolute Gasteiger partial charge is 0.309 e. The van der Waals surface area contributed by atoms with E-state index < -0.39 is 10.8 Å². The second kappa shape index (κ2) is 8.70. The summed E-state index contributed by atoms with van der Waals surface area (Å²) in [6.07, 6.45) is 1.09. The molecule has 0 amide bonds. The van der Waals surface area contributed by atoms with E-state index in [4.69, 9.17) is 0 Å². The summed E-state index contributed by atoms with van der Waals surface area (Å²) in [5.74, 6) is 1.15. The molecular weight excluding hydrogens is 278 g/mol. The zero-order valence-electron chi connectivity index (χ0n) is 14.4. The summed E-state index contributed by atoms with van der Waals surface area (Å²) in [5, 5.41) is 3.82. The highest BCUT2D eigenvalue weighted by atomic mass is 32.2. The molecule has 3 unspecified atom stereocenters. The normalized spacial score (nSPS) is 16.0. The van der Waals surface area contributed by atoms with Crippen molar-refractivity contribution in [3.05, 3.63) is 34.9 Å². The van der Waals surface area contributed by atoms with Crippen molar-refractivity contribution in [3.8, 4) is 0 Å². The fraction of sp³-hybridized carbons (Fsp3) is 0.667. The van der Waals surface area contributed by atoms with Crippen LogP contribution >= 0.6 is 0 Å². The van der Waals surface area contributed by atoms with Gasteiger partial charge in [0.05, 0.1) is 0 Å². The molecule has 120 valence electrons. The predicted octanol–water partition coefficient (Wildman–Crippen LogP) is 4.14. The van der Waals surface area contributed by atoms with Crippen LogP contribution in [-0.4, -0.2) is 21.8 Å². The van der Waals surface area contributed by atoms with Crippen LogP contribution in [0.4, 0.5) is 0 Å². The van der Waals surface area contributed by atoms with Crippen molar-refractivity contribution >= 4 is 10.8 Å². The third kappa shape index (κ3) is 5.55. The summed E-state index contributed by atoms with van der Waals surface area (Å²) >= 11 is 0. The van der Waals surface area contributed by atoms with Crippen LogP contribution < -0.4 is 5.32 Å². The molecular formula is C18H31NOS.